The third kappa shape index (κ3) is 2.67. The van der Waals surface area contributed by atoms with Crippen molar-refractivity contribution in [1.29, 1.82) is 0 Å². The molecule has 2 rings (SSSR count). The summed E-state index contributed by atoms with van der Waals surface area (Å²) in [6, 6.07) is 7.62. The summed E-state index contributed by atoms with van der Waals surface area (Å²) in [4.78, 5) is 13.8. The lowest BCUT2D eigenvalue weighted by Gasteiger charge is -2.38. The van der Waals surface area contributed by atoms with Crippen molar-refractivity contribution in [3.05, 3.63) is 28.7 Å². The van der Waals surface area contributed by atoms with Crippen LogP contribution in [0.2, 0.25) is 0 Å². The highest BCUT2D eigenvalue weighted by Crippen LogP contribution is 2.30. The van der Waals surface area contributed by atoms with E-state index in [1.54, 1.807) is 0 Å². The van der Waals surface area contributed by atoms with Crippen LogP contribution in [0.15, 0.2) is 28.7 Å². The van der Waals surface area contributed by atoms with E-state index in [1.807, 2.05) is 31.3 Å². The SMILES string of the molecule is CN1CCC(Nc2ccccc2Br)(C(=O)O)CC1. The fraction of sp³-hybridized carbons (Fsp3) is 0.462. The van der Waals surface area contributed by atoms with E-state index in [-0.39, 0.29) is 0 Å². The van der Waals surface area contributed by atoms with Crippen molar-refractivity contribution >= 4 is 27.6 Å². The minimum atomic E-state index is -0.851. The third-order valence-corrected chi connectivity index (χ3v) is 4.19. The number of carboxylic acid groups (broad SMARTS) is 1. The number of nitrogens with one attached hydrogen (secondary N) is 1. The van der Waals surface area contributed by atoms with Crippen LogP contribution in [0.1, 0.15) is 12.8 Å². The van der Waals surface area contributed by atoms with Crippen molar-refractivity contribution in [3.63, 3.8) is 0 Å². The van der Waals surface area contributed by atoms with Crippen LogP contribution >= 0.6 is 15.9 Å². The average Bonchev–Trinajstić information content (AvgIpc) is 2.35. The summed E-state index contributed by atoms with van der Waals surface area (Å²) in [5.41, 5.74) is -0.0134. The number of hydrogen-bond donors (Lipinski definition) is 2. The van der Waals surface area contributed by atoms with E-state index in [2.05, 4.69) is 26.1 Å². The Balaban J connectivity index is 2.22. The van der Waals surface area contributed by atoms with Gasteiger partial charge in [0.2, 0.25) is 0 Å². The van der Waals surface area contributed by atoms with Gasteiger partial charge in [0.25, 0.3) is 0 Å². The first-order valence-corrected chi connectivity index (χ1v) is 6.77. The first-order valence-electron chi connectivity index (χ1n) is 5.98. The molecule has 0 aliphatic carbocycles. The molecule has 1 heterocycles. The molecule has 1 aliphatic heterocycles. The van der Waals surface area contributed by atoms with Crippen LogP contribution in [-0.2, 0) is 4.79 Å². The van der Waals surface area contributed by atoms with Crippen molar-refractivity contribution in [1.82, 2.24) is 4.90 Å². The standard InChI is InChI=1S/C13H17BrN2O2/c1-16-8-6-13(7-9-16,12(17)18)15-11-5-3-2-4-10(11)14/h2-5,15H,6-9H2,1H3,(H,17,18). The van der Waals surface area contributed by atoms with Gasteiger partial charge in [-0.05, 0) is 48.0 Å². The summed E-state index contributed by atoms with van der Waals surface area (Å²) in [7, 11) is 2.02. The molecule has 0 amide bonds. The summed E-state index contributed by atoms with van der Waals surface area (Å²) in [6.45, 7) is 1.59. The Labute approximate surface area is 115 Å². The topological polar surface area (TPSA) is 52.6 Å². The molecule has 0 saturated carbocycles. The maximum Gasteiger partial charge on any atom is 0.329 e. The van der Waals surface area contributed by atoms with Gasteiger partial charge in [-0.1, -0.05) is 12.1 Å². The van der Waals surface area contributed by atoms with E-state index in [0.717, 1.165) is 23.2 Å². The van der Waals surface area contributed by atoms with Gasteiger partial charge in [0.15, 0.2) is 0 Å². The number of para-hydroxylation sites is 1. The van der Waals surface area contributed by atoms with Crippen LogP contribution in [0.5, 0.6) is 0 Å². The van der Waals surface area contributed by atoms with Crippen molar-refractivity contribution in [2.24, 2.45) is 0 Å². The van der Waals surface area contributed by atoms with Gasteiger partial charge in [-0.3, -0.25) is 0 Å². The third-order valence-electron chi connectivity index (χ3n) is 3.50. The van der Waals surface area contributed by atoms with Gasteiger partial charge in [0.05, 0.1) is 0 Å². The van der Waals surface area contributed by atoms with Gasteiger partial charge < -0.3 is 15.3 Å². The zero-order chi connectivity index (χ0) is 13.2. The van der Waals surface area contributed by atoms with E-state index in [9.17, 15) is 9.90 Å². The molecule has 18 heavy (non-hydrogen) atoms. The molecule has 0 radical (unpaired) electrons. The second-order valence-corrected chi connectivity index (χ2v) is 5.65. The van der Waals surface area contributed by atoms with E-state index >= 15 is 0 Å². The maximum atomic E-state index is 11.6. The lowest BCUT2D eigenvalue weighted by atomic mass is 9.87. The highest BCUT2D eigenvalue weighted by molar-refractivity contribution is 9.10. The number of benzene rings is 1. The monoisotopic (exact) mass is 312 g/mol. The minimum absolute atomic E-state index is 0.611. The lowest BCUT2D eigenvalue weighted by molar-refractivity contribution is -0.143. The molecule has 98 valence electrons. The van der Waals surface area contributed by atoms with Gasteiger partial charge >= 0.3 is 5.97 Å². The average molecular weight is 313 g/mol. The van der Waals surface area contributed by atoms with E-state index in [0.29, 0.717) is 12.8 Å². The number of halogens is 1. The Morgan fingerprint density at radius 3 is 2.56 bits per heavy atom. The molecule has 0 bridgehead atoms. The van der Waals surface area contributed by atoms with Crippen LogP contribution in [0.3, 0.4) is 0 Å². The highest BCUT2D eigenvalue weighted by Gasteiger charge is 2.41. The number of carbonyl (C=O) groups is 1. The molecule has 1 saturated heterocycles. The minimum Gasteiger partial charge on any atom is -0.480 e. The zero-order valence-corrected chi connectivity index (χ0v) is 11.9. The van der Waals surface area contributed by atoms with E-state index in [1.165, 1.54) is 0 Å². The number of carboxylic acids is 1. The smallest absolute Gasteiger partial charge is 0.329 e. The van der Waals surface area contributed by atoms with Crippen LogP contribution in [0.25, 0.3) is 0 Å². The predicted octanol–water partition coefficient (Wildman–Crippen LogP) is 2.41. The summed E-state index contributed by atoms with van der Waals surface area (Å²) in [6.07, 6.45) is 1.22. The normalized spacial score (nSPS) is 19.4. The fourth-order valence-electron chi connectivity index (χ4n) is 2.21. The Morgan fingerprint density at radius 2 is 2.00 bits per heavy atom. The van der Waals surface area contributed by atoms with Gasteiger partial charge in [-0.2, -0.15) is 0 Å². The van der Waals surface area contributed by atoms with E-state index in [4.69, 9.17) is 0 Å². The molecule has 0 unspecified atom stereocenters. The van der Waals surface area contributed by atoms with Gasteiger partial charge in [-0.25, -0.2) is 4.79 Å². The van der Waals surface area contributed by atoms with Crippen molar-refractivity contribution in [2.45, 2.75) is 18.4 Å². The number of rotatable bonds is 3. The Bertz CT molecular complexity index is 442. The number of nitrogens with zero attached hydrogens (tertiary/aromatic N) is 1. The van der Waals surface area contributed by atoms with Crippen LogP contribution in [0.4, 0.5) is 5.69 Å². The molecule has 2 N–H and O–H groups in total. The van der Waals surface area contributed by atoms with Gasteiger partial charge in [-0.15, -0.1) is 0 Å². The first kappa shape index (κ1) is 13.4. The number of aliphatic carboxylic acids is 1. The van der Waals surface area contributed by atoms with Crippen LogP contribution in [-0.4, -0.2) is 41.7 Å². The molecule has 1 aromatic carbocycles. The number of likely N-dealkylation sites (tertiary alicyclic amines) is 1. The van der Waals surface area contributed by atoms with Crippen molar-refractivity contribution in [3.8, 4) is 0 Å². The van der Waals surface area contributed by atoms with Crippen LogP contribution in [0, 0.1) is 0 Å². The molecule has 4 nitrogen and oxygen atoms in total. The van der Waals surface area contributed by atoms with Crippen molar-refractivity contribution < 1.29 is 9.90 Å². The Kier molecular flexibility index (Phi) is 3.92. The molecule has 1 fully saturated rings. The Morgan fingerprint density at radius 1 is 1.39 bits per heavy atom. The summed E-state index contributed by atoms with van der Waals surface area (Å²) < 4.78 is 0.893. The lowest BCUT2D eigenvalue weighted by Crippen LogP contribution is -2.53. The first-order chi connectivity index (χ1) is 8.53. The maximum absolute atomic E-state index is 11.6. The van der Waals surface area contributed by atoms with Crippen LogP contribution < -0.4 is 5.32 Å². The number of hydrogen-bond acceptors (Lipinski definition) is 3. The number of piperidine rings is 1. The van der Waals surface area contributed by atoms with Crippen molar-refractivity contribution in [2.75, 3.05) is 25.5 Å². The predicted molar refractivity (Wildman–Crippen MR) is 74.9 cm³/mol. The molecular formula is C13H17BrN2O2. The summed E-state index contributed by atoms with van der Waals surface area (Å²) >= 11 is 3.44. The van der Waals surface area contributed by atoms with E-state index < -0.39 is 11.5 Å². The second-order valence-electron chi connectivity index (χ2n) is 4.80. The van der Waals surface area contributed by atoms with Gasteiger partial charge in [0.1, 0.15) is 5.54 Å². The molecule has 1 aromatic rings. The molecule has 1 aliphatic rings. The summed E-state index contributed by atoms with van der Waals surface area (Å²) in [5.74, 6) is -0.772. The second kappa shape index (κ2) is 5.28. The molecule has 0 atom stereocenters. The quantitative estimate of drug-likeness (QED) is 0.900. The molecule has 0 spiro atoms. The molecule has 0 aromatic heterocycles. The summed E-state index contributed by atoms with van der Waals surface area (Å²) in [5, 5.41) is 12.7. The molecular weight excluding hydrogens is 296 g/mol. The fourth-order valence-corrected chi connectivity index (χ4v) is 2.60. The number of anilines is 1. The highest BCUT2D eigenvalue weighted by atomic mass is 79.9. The molecule has 5 heteroatoms. The Hall–Kier alpha value is -1.07. The van der Waals surface area contributed by atoms with Gasteiger partial charge in [0, 0.05) is 23.2 Å². The largest absolute Gasteiger partial charge is 0.480 e. The zero-order valence-electron chi connectivity index (χ0n) is 10.3.